The van der Waals surface area contributed by atoms with Gasteiger partial charge in [0.15, 0.2) is 5.78 Å². The molecule has 2 aromatic carbocycles. The molecule has 4 rings (SSSR count). The maximum atomic E-state index is 13.0. The number of nitrogens with zero attached hydrogens (tertiary/aromatic N) is 2. The fourth-order valence-electron chi connectivity index (χ4n) is 4.32. The van der Waals surface area contributed by atoms with E-state index in [1.54, 1.807) is 4.90 Å². The molecule has 0 N–H and O–H groups in total. The Morgan fingerprint density at radius 3 is 2.40 bits per heavy atom. The highest BCUT2D eigenvalue weighted by atomic mass is 16.6. The zero-order valence-corrected chi connectivity index (χ0v) is 18.0. The van der Waals surface area contributed by atoms with E-state index in [1.807, 2.05) is 70.3 Å². The number of ketones is 1. The van der Waals surface area contributed by atoms with Gasteiger partial charge in [-0.3, -0.25) is 4.79 Å². The predicted molar refractivity (Wildman–Crippen MR) is 118 cm³/mol. The molecule has 2 heterocycles. The van der Waals surface area contributed by atoms with Crippen LogP contribution in [0.25, 0.3) is 10.9 Å². The number of para-hydroxylation sites is 1. The lowest BCUT2D eigenvalue weighted by molar-refractivity contribution is 0.0198. The van der Waals surface area contributed by atoms with Crippen molar-refractivity contribution >= 4 is 22.8 Å². The van der Waals surface area contributed by atoms with E-state index in [0.29, 0.717) is 25.1 Å². The number of rotatable bonds is 3. The summed E-state index contributed by atoms with van der Waals surface area (Å²) >= 11 is 0. The van der Waals surface area contributed by atoms with Gasteiger partial charge in [0.25, 0.3) is 0 Å². The molecule has 0 saturated heterocycles. The Morgan fingerprint density at radius 2 is 1.70 bits per heavy atom. The van der Waals surface area contributed by atoms with E-state index in [9.17, 15) is 9.59 Å². The zero-order chi connectivity index (χ0) is 21.5. The molecule has 5 heteroatoms. The fourth-order valence-corrected chi connectivity index (χ4v) is 4.32. The number of aromatic nitrogens is 1. The molecular formula is C25H28N2O3. The van der Waals surface area contributed by atoms with E-state index in [0.717, 1.165) is 16.6 Å². The Morgan fingerprint density at radius 1 is 1.03 bits per heavy atom. The Labute approximate surface area is 177 Å². The molecule has 3 aromatic rings. The van der Waals surface area contributed by atoms with Crippen molar-refractivity contribution in [1.29, 1.82) is 0 Å². The number of aryl methyl sites for hydroxylation is 1. The number of ether oxygens (including phenoxy) is 1. The molecule has 30 heavy (non-hydrogen) atoms. The highest BCUT2D eigenvalue weighted by Gasteiger charge is 2.35. The number of amides is 1. The van der Waals surface area contributed by atoms with Crippen LogP contribution in [0.3, 0.4) is 0 Å². The summed E-state index contributed by atoms with van der Waals surface area (Å²) in [7, 11) is 2.02. The number of fused-ring (bicyclic) bond motifs is 3. The third-order valence-electron chi connectivity index (χ3n) is 5.64. The highest BCUT2D eigenvalue weighted by molar-refractivity contribution is 5.97. The molecule has 1 aliphatic heterocycles. The second-order valence-electron chi connectivity index (χ2n) is 8.99. The van der Waals surface area contributed by atoms with Crippen LogP contribution < -0.4 is 0 Å². The van der Waals surface area contributed by atoms with E-state index < -0.39 is 5.60 Å². The highest BCUT2D eigenvalue weighted by Crippen LogP contribution is 2.39. The lowest BCUT2D eigenvalue weighted by atomic mass is 9.86. The summed E-state index contributed by atoms with van der Waals surface area (Å²) in [6, 6.07) is 17.6. The Bertz CT molecular complexity index is 1090. The van der Waals surface area contributed by atoms with Crippen LogP contribution in [0.15, 0.2) is 54.6 Å². The molecule has 1 aromatic heterocycles. The summed E-state index contributed by atoms with van der Waals surface area (Å²) in [4.78, 5) is 27.6. The molecule has 156 valence electrons. The normalized spacial score (nSPS) is 16.4. The zero-order valence-electron chi connectivity index (χ0n) is 18.0. The summed E-state index contributed by atoms with van der Waals surface area (Å²) in [5.74, 6) is 0.00518. The second-order valence-corrected chi connectivity index (χ2v) is 8.99. The monoisotopic (exact) mass is 404 g/mol. The molecule has 0 saturated carbocycles. The van der Waals surface area contributed by atoms with Gasteiger partial charge in [0.05, 0.1) is 6.54 Å². The van der Waals surface area contributed by atoms with Crippen LogP contribution in [0.4, 0.5) is 4.79 Å². The van der Waals surface area contributed by atoms with E-state index in [-0.39, 0.29) is 17.8 Å². The largest absolute Gasteiger partial charge is 0.444 e. The molecule has 0 spiro atoms. The lowest BCUT2D eigenvalue weighted by Crippen LogP contribution is -2.42. The molecular weight excluding hydrogens is 376 g/mol. The van der Waals surface area contributed by atoms with E-state index >= 15 is 0 Å². The molecule has 5 nitrogen and oxygen atoms in total. The van der Waals surface area contributed by atoms with Crippen molar-refractivity contribution in [2.45, 2.75) is 45.3 Å². The molecule has 1 aliphatic rings. The summed E-state index contributed by atoms with van der Waals surface area (Å²) < 4.78 is 7.78. The van der Waals surface area contributed by atoms with Gasteiger partial charge in [0, 0.05) is 48.1 Å². The SMILES string of the molecule is Cn1c2c(c3ccccc31)C(CC(=O)c1ccccc1)CN(C(=O)OC(C)(C)C)C2. The Hall–Kier alpha value is -3.08. The van der Waals surface area contributed by atoms with E-state index in [2.05, 4.69) is 16.7 Å². The molecule has 0 aliphatic carbocycles. The Kier molecular flexibility index (Phi) is 5.14. The smallest absolute Gasteiger partial charge is 0.410 e. The molecule has 1 atom stereocenters. The average molecular weight is 405 g/mol. The number of carbonyl (C=O) groups excluding carboxylic acids is 2. The number of carbonyl (C=O) groups is 2. The number of hydrogen-bond donors (Lipinski definition) is 0. The van der Waals surface area contributed by atoms with Crippen molar-refractivity contribution in [3.63, 3.8) is 0 Å². The van der Waals surface area contributed by atoms with Crippen molar-refractivity contribution in [2.75, 3.05) is 6.54 Å². The van der Waals surface area contributed by atoms with Gasteiger partial charge in [-0.15, -0.1) is 0 Å². The third kappa shape index (κ3) is 3.84. The number of benzene rings is 2. The van der Waals surface area contributed by atoms with Crippen molar-refractivity contribution < 1.29 is 14.3 Å². The predicted octanol–water partition coefficient (Wildman–Crippen LogP) is 5.29. The molecule has 1 unspecified atom stereocenters. The van der Waals surface area contributed by atoms with Crippen LogP contribution in [0.5, 0.6) is 0 Å². The summed E-state index contributed by atoms with van der Waals surface area (Å²) in [6.45, 7) is 6.55. The van der Waals surface area contributed by atoms with Crippen LogP contribution in [0.2, 0.25) is 0 Å². The van der Waals surface area contributed by atoms with Gasteiger partial charge < -0.3 is 14.2 Å². The topological polar surface area (TPSA) is 51.5 Å². The van der Waals surface area contributed by atoms with Gasteiger partial charge in [-0.05, 0) is 32.4 Å². The van der Waals surface area contributed by atoms with Crippen LogP contribution in [0.1, 0.15) is 54.7 Å². The molecule has 0 radical (unpaired) electrons. The van der Waals surface area contributed by atoms with Gasteiger partial charge in [-0.2, -0.15) is 0 Å². The lowest BCUT2D eigenvalue weighted by Gasteiger charge is -2.35. The molecule has 1 amide bonds. The van der Waals surface area contributed by atoms with E-state index in [4.69, 9.17) is 4.74 Å². The summed E-state index contributed by atoms with van der Waals surface area (Å²) in [5, 5.41) is 1.16. The standard InChI is InChI=1S/C25H28N2O3/c1-25(2,3)30-24(29)27-15-18(14-22(28)17-10-6-5-7-11-17)23-19-12-8-9-13-20(19)26(4)21(23)16-27/h5-13,18H,14-16H2,1-4H3. The molecule has 0 fully saturated rings. The summed E-state index contributed by atoms with van der Waals surface area (Å²) in [5.41, 5.74) is 3.50. The van der Waals surface area contributed by atoms with Gasteiger partial charge in [-0.1, -0.05) is 48.5 Å². The van der Waals surface area contributed by atoms with Gasteiger partial charge in [0.2, 0.25) is 0 Å². The van der Waals surface area contributed by atoms with Crippen molar-refractivity contribution in [1.82, 2.24) is 9.47 Å². The average Bonchev–Trinajstić information content (AvgIpc) is 3.00. The van der Waals surface area contributed by atoms with Crippen LogP contribution >= 0.6 is 0 Å². The van der Waals surface area contributed by atoms with Crippen LogP contribution in [-0.2, 0) is 18.3 Å². The second kappa shape index (κ2) is 7.63. The number of hydrogen-bond acceptors (Lipinski definition) is 3. The minimum Gasteiger partial charge on any atom is -0.444 e. The molecule has 0 bridgehead atoms. The van der Waals surface area contributed by atoms with Crippen LogP contribution in [0, 0.1) is 0 Å². The van der Waals surface area contributed by atoms with Crippen molar-refractivity contribution in [3.8, 4) is 0 Å². The summed E-state index contributed by atoms with van der Waals surface area (Å²) in [6.07, 6.45) is 0.0141. The first-order valence-corrected chi connectivity index (χ1v) is 10.4. The number of Topliss-reactive ketones (excluding diaryl/α,β-unsaturated/α-hetero) is 1. The van der Waals surface area contributed by atoms with Gasteiger partial charge in [0.1, 0.15) is 5.60 Å². The van der Waals surface area contributed by atoms with Crippen molar-refractivity contribution in [2.24, 2.45) is 7.05 Å². The first-order valence-electron chi connectivity index (χ1n) is 10.4. The van der Waals surface area contributed by atoms with E-state index in [1.165, 1.54) is 5.56 Å². The minimum atomic E-state index is -0.564. The van der Waals surface area contributed by atoms with Gasteiger partial charge in [-0.25, -0.2) is 4.79 Å². The quantitative estimate of drug-likeness (QED) is 0.558. The third-order valence-corrected chi connectivity index (χ3v) is 5.64. The fraction of sp³-hybridized carbons (Fsp3) is 0.360. The first kappa shape index (κ1) is 20.2. The Balaban J connectivity index is 1.73. The first-order chi connectivity index (χ1) is 14.2. The van der Waals surface area contributed by atoms with Crippen molar-refractivity contribution in [3.05, 3.63) is 71.4 Å². The minimum absolute atomic E-state index is 0.0833. The maximum absolute atomic E-state index is 13.0. The maximum Gasteiger partial charge on any atom is 0.410 e. The van der Waals surface area contributed by atoms with Crippen LogP contribution in [-0.4, -0.2) is 33.5 Å². The van der Waals surface area contributed by atoms with Gasteiger partial charge >= 0.3 is 6.09 Å².